The molecule has 4 heteroatoms. The van der Waals surface area contributed by atoms with Crippen LogP contribution in [0.15, 0.2) is 6.20 Å². The topological polar surface area (TPSA) is 47.1 Å². The summed E-state index contributed by atoms with van der Waals surface area (Å²) >= 11 is 0. The highest BCUT2D eigenvalue weighted by molar-refractivity contribution is 5.61. The standard InChI is InChI=1S/C9H18N4/c1-5-7(2)13(4)9-8(10)6-12(3)11-9/h6-7H,5,10H2,1-4H3. The van der Waals surface area contributed by atoms with Crippen molar-refractivity contribution in [2.45, 2.75) is 26.3 Å². The minimum Gasteiger partial charge on any atom is -0.394 e. The van der Waals surface area contributed by atoms with Crippen molar-refractivity contribution in [3.8, 4) is 0 Å². The van der Waals surface area contributed by atoms with Crippen molar-refractivity contribution in [3.63, 3.8) is 0 Å². The van der Waals surface area contributed by atoms with Crippen LogP contribution < -0.4 is 10.6 Å². The highest BCUT2D eigenvalue weighted by Gasteiger charge is 2.13. The first-order valence-corrected chi connectivity index (χ1v) is 4.58. The lowest BCUT2D eigenvalue weighted by molar-refractivity contribution is 0.647. The number of anilines is 2. The predicted octanol–water partition coefficient (Wildman–Crippen LogP) is 1.24. The molecular formula is C9H18N4. The van der Waals surface area contributed by atoms with Gasteiger partial charge >= 0.3 is 0 Å². The molecule has 0 aliphatic heterocycles. The molecule has 1 atom stereocenters. The molecule has 0 amide bonds. The van der Waals surface area contributed by atoms with Gasteiger partial charge in [-0.15, -0.1) is 0 Å². The van der Waals surface area contributed by atoms with Crippen molar-refractivity contribution in [2.24, 2.45) is 7.05 Å². The van der Waals surface area contributed by atoms with E-state index in [1.165, 1.54) is 0 Å². The lowest BCUT2D eigenvalue weighted by Crippen LogP contribution is -2.29. The molecule has 4 nitrogen and oxygen atoms in total. The molecule has 0 fully saturated rings. The maximum Gasteiger partial charge on any atom is 0.173 e. The molecule has 0 saturated carbocycles. The van der Waals surface area contributed by atoms with Gasteiger partial charge in [0.05, 0.1) is 5.69 Å². The average Bonchev–Trinajstić information content (AvgIpc) is 2.42. The van der Waals surface area contributed by atoms with Crippen LogP contribution in [0, 0.1) is 0 Å². The molecule has 0 radical (unpaired) electrons. The number of hydrogen-bond donors (Lipinski definition) is 1. The normalized spacial score (nSPS) is 12.9. The Morgan fingerprint density at radius 3 is 2.69 bits per heavy atom. The summed E-state index contributed by atoms with van der Waals surface area (Å²) < 4.78 is 1.74. The van der Waals surface area contributed by atoms with Gasteiger partial charge in [-0.25, -0.2) is 0 Å². The number of nitrogen functional groups attached to an aromatic ring is 1. The largest absolute Gasteiger partial charge is 0.394 e. The van der Waals surface area contributed by atoms with Gasteiger partial charge < -0.3 is 10.6 Å². The molecule has 2 N–H and O–H groups in total. The molecule has 0 aromatic carbocycles. The van der Waals surface area contributed by atoms with Crippen LogP contribution in [0.5, 0.6) is 0 Å². The summed E-state index contributed by atoms with van der Waals surface area (Å²) in [6, 6.07) is 0.470. The first kappa shape index (κ1) is 9.89. The Bertz CT molecular complexity index is 279. The second kappa shape index (κ2) is 3.68. The molecule has 13 heavy (non-hydrogen) atoms. The Kier molecular flexibility index (Phi) is 2.80. The van der Waals surface area contributed by atoms with Crippen LogP contribution in [0.4, 0.5) is 11.5 Å². The van der Waals surface area contributed by atoms with Crippen molar-refractivity contribution in [1.82, 2.24) is 9.78 Å². The second-order valence-corrected chi connectivity index (χ2v) is 3.45. The third-order valence-corrected chi connectivity index (χ3v) is 2.42. The van der Waals surface area contributed by atoms with Crippen LogP contribution in [0.1, 0.15) is 20.3 Å². The van der Waals surface area contributed by atoms with Crippen LogP contribution >= 0.6 is 0 Å². The van der Waals surface area contributed by atoms with Gasteiger partial charge in [0.1, 0.15) is 0 Å². The summed E-state index contributed by atoms with van der Waals surface area (Å²) in [5, 5.41) is 4.30. The van der Waals surface area contributed by atoms with Crippen molar-refractivity contribution in [2.75, 3.05) is 17.7 Å². The summed E-state index contributed by atoms with van der Waals surface area (Å²) in [6.07, 6.45) is 2.92. The Morgan fingerprint density at radius 1 is 1.69 bits per heavy atom. The zero-order valence-electron chi connectivity index (χ0n) is 8.78. The molecule has 1 aromatic rings. The van der Waals surface area contributed by atoms with Gasteiger partial charge in [-0.3, -0.25) is 4.68 Å². The van der Waals surface area contributed by atoms with Gasteiger partial charge in [-0.2, -0.15) is 5.10 Å². The van der Waals surface area contributed by atoms with E-state index in [1.54, 1.807) is 4.68 Å². The maximum absolute atomic E-state index is 5.81. The van der Waals surface area contributed by atoms with Crippen LogP contribution in [0.25, 0.3) is 0 Å². The fraction of sp³-hybridized carbons (Fsp3) is 0.667. The van der Waals surface area contributed by atoms with E-state index < -0.39 is 0 Å². The quantitative estimate of drug-likeness (QED) is 0.765. The summed E-state index contributed by atoms with van der Waals surface area (Å²) in [7, 11) is 3.90. The van der Waals surface area contributed by atoms with Crippen molar-refractivity contribution >= 4 is 11.5 Å². The molecule has 0 saturated heterocycles. The highest BCUT2D eigenvalue weighted by Crippen LogP contribution is 2.21. The maximum atomic E-state index is 5.81. The molecule has 1 aromatic heterocycles. The molecule has 0 spiro atoms. The van der Waals surface area contributed by atoms with E-state index in [0.29, 0.717) is 6.04 Å². The van der Waals surface area contributed by atoms with Crippen LogP contribution in [0.2, 0.25) is 0 Å². The van der Waals surface area contributed by atoms with E-state index in [-0.39, 0.29) is 0 Å². The first-order chi connectivity index (χ1) is 6.06. The van der Waals surface area contributed by atoms with Crippen molar-refractivity contribution in [3.05, 3.63) is 6.20 Å². The van der Waals surface area contributed by atoms with E-state index in [2.05, 4.69) is 23.8 Å². The second-order valence-electron chi connectivity index (χ2n) is 3.45. The van der Waals surface area contributed by atoms with Crippen LogP contribution in [-0.4, -0.2) is 22.9 Å². The lowest BCUT2D eigenvalue weighted by atomic mass is 10.2. The minimum absolute atomic E-state index is 0.470. The third-order valence-electron chi connectivity index (χ3n) is 2.42. The van der Waals surface area contributed by atoms with E-state index in [4.69, 9.17) is 5.73 Å². The number of aryl methyl sites for hydroxylation is 1. The number of rotatable bonds is 3. The molecule has 1 rings (SSSR count). The molecule has 1 unspecified atom stereocenters. The number of nitrogens with zero attached hydrogens (tertiary/aromatic N) is 3. The van der Waals surface area contributed by atoms with Gasteiger partial charge in [0, 0.05) is 26.3 Å². The van der Waals surface area contributed by atoms with E-state index in [0.717, 1.165) is 17.9 Å². The minimum atomic E-state index is 0.470. The summed E-state index contributed by atoms with van der Waals surface area (Å²) in [6.45, 7) is 4.31. The van der Waals surface area contributed by atoms with Gasteiger partial charge in [-0.1, -0.05) is 6.92 Å². The lowest BCUT2D eigenvalue weighted by Gasteiger charge is -2.23. The summed E-state index contributed by atoms with van der Waals surface area (Å²) in [4.78, 5) is 2.11. The van der Waals surface area contributed by atoms with E-state index >= 15 is 0 Å². The first-order valence-electron chi connectivity index (χ1n) is 4.58. The van der Waals surface area contributed by atoms with Gasteiger partial charge in [0.2, 0.25) is 0 Å². The van der Waals surface area contributed by atoms with Gasteiger partial charge in [0.25, 0.3) is 0 Å². The molecule has 0 aliphatic carbocycles. The van der Waals surface area contributed by atoms with Crippen LogP contribution in [0.3, 0.4) is 0 Å². The monoisotopic (exact) mass is 182 g/mol. The van der Waals surface area contributed by atoms with E-state index in [1.807, 2.05) is 20.3 Å². The van der Waals surface area contributed by atoms with Crippen molar-refractivity contribution < 1.29 is 0 Å². The number of aromatic nitrogens is 2. The zero-order chi connectivity index (χ0) is 10.0. The van der Waals surface area contributed by atoms with Gasteiger partial charge in [-0.05, 0) is 13.3 Å². The van der Waals surface area contributed by atoms with Crippen molar-refractivity contribution in [1.29, 1.82) is 0 Å². The van der Waals surface area contributed by atoms with Gasteiger partial charge in [0.15, 0.2) is 5.82 Å². The Morgan fingerprint density at radius 2 is 2.31 bits per heavy atom. The molecular weight excluding hydrogens is 164 g/mol. The fourth-order valence-corrected chi connectivity index (χ4v) is 1.25. The number of hydrogen-bond acceptors (Lipinski definition) is 3. The smallest absolute Gasteiger partial charge is 0.173 e. The Labute approximate surface area is 79.3 Å². The summed E-state index contributed by atoms with van der Waals surface area (Å²) in [5.74, 6) is 0.872. The molecule has 0 aliphatic rings. The Balaban J connectivity index is 2.87. The Hall–Kier alpha value is -1.19. The highest BCUT2D eigenvalue weighted by atomic mass is 15.3. The summed E-state index contributed by atoms with van der Waals surface area (Å²) in [5.41, 5.74) is 6.55. The SMILES string of the molecule is CCC(C)N(C)c1nn(C)cc1N. The van der Waals surface area contributed by atoms with E-state index in [9.17, 15) is 0 Å². The fourth-order valence-electron chi connectivity index (χ4n) is 1.25. The third kappa shape index (κ3) is 1.94. The number of nitrogens with two attached hydrogens (primary N) is 1. The molecule has 74 valence electrons. The zero-order valence-corrected chi connectivity index (χ0v) is 8.78. The average molecular weight is 182 g/mol. The molecule has 0 bridgehead atoms. The molecule has 1 heterocycles. The van der Waals surface area contributed by atoms with Crippen LogP contribution in [-0.2, 0) is 7.05 Å². The predicted molar refractivity (Wildman–Crippen MR) is 55.8 cm³/mol.